The van der Waals surface area contributed by atoms with E-state index >= 15 is 0 Å². The number of rotatable bonds is 3. The van der Waals surface area contributed by atoms with Crippen molar-refractivity contribution in [1.29, 1.82) is 0 Å². The van der Waals surface area contributed by atoms with Crippen LogP contribution in [0.15, 0.2) is 40.0 Å². The molecule has 0 bridgehead atoms. The van der Waals surface area contributed by atoms with Crippen molar-refractivity contribution in [1.82, 2.24) is 9.97 Å². The lowest BCUT2D eigenvalue weighted by atomic mass is 10.3. The molecule has 0 aliphatic rings. The highest BCUT2D eigenvalue weighted by molar-refractivity contribution is 9.10. The molecule has 2 rings (SSSR count). The van der Waals surface area contributed by atoms with Gasteiger partial charge in [0.15, 0.2) is 5.84 Å². The maximum absolute atomic E-state index is 8.66. The van der Waals surface area contributed by atoms with Crippen LogP contribution in [0.1, 0.15) is 11.4 Å². The average Bonchev–Trinajstić information content (AvgIpc) is 2.40. The number of benzene rings is 1. The van der Waals surface area contributed by atoms with Crippen molar-refractivity contribution in [3.8, 4) is 11.8 Å². The molecule has 0 unspecified atom stereocenters. The molecule has 1 aromatic heterocycles. The summed E-state index contributed by atoms with van der Waals surface area (Å²) < 4.78 is 6.35. The monoisotopic (exact) mass is 322 g/mol. The smallest absolute Gasteiger partial charge is 0.322 e. The lowest BCUT2D eigenvalue weighted by Gasteiger charge is -2.07. The van der Waals surface area contributed by atoms with Gasteiger partial charge in [-0.25, -0.2) is 4.98 Å². The van der Waals surface area contributed by atoms with Crippen molar-refractivity contribution in [3.05, 3.63) is 46.2 Å². The van der Waals surface area contributed by atoms with Crippen LogP contribution in [-0.4, -0.2) is 21.0 Å². The second-order valence-electron chi connectivity index (χ2n) is 3.69. The maximum Gasteiger partial charge on any atom is 0.322 e. The molecule has 0 fully saturated rings. The van der Waals surface area contributed by atoms with Crippen LogP contribution < -0.4 is 10.5 Å². The van der Waals surface area contributed by atoms with Gasteiger partial charge in [0.2, 0.25) is 0 Å². The Kier molecular flexibility index (Phi) is 3.96. The van der Waals surface area contributed by atoms with Gasteiger partial charge in [0.05, 0.1) is 4.47 Å². The van der Waals surface area contributed by atoms with Crippen LogP contribution >= 0.6 is 15.9 Å². The summed E-state index contributed by atoms with van der Waals surface area (Å²) >= 11 is 3.36. The van der Waals surface area contributed by atoms with Gasteiger partial charge < -0.3 is 15.7 Å². The summed E-state index contributed by atoms with van der Waals surface area (Å²) in [6, 6.07) is 9.06. The number of aryl methyl sites for hydroxylation is 1. The summed E-state index contributed by atoms with van der Waals surface area (Å²) in [6.07, 6.45) is 0. The first-order valence-corrected chi connectivity index (χ1v) is 6.15. The van der Waals surface area contributed by atoms with Gasteiger partial charge in [0.25, 0.3) is 0 Å². The van der Waals surface area contributed by atoms with E-state index in [4.69, 9.17) is 15.7 Å². The molecule has 0 spiro atoms. The minimum absolute atomic E-state index is 0.0949. The van der Waals surface area contributed by atoms with E-state index < -0.39 is 0 Å². The minimum atomic E-state index is -0.0949. The average molecular weight is 323 g/mol. The van der Waals surface area contributed by atoms with Crippen molar-refractivity contribution in [2.45, 2.75) is 6.92 Å². The summed E-state index contributed by atoms with van der Waals surface area (Å²) in [6.45, 7) is 1.77. The molecule has 2 aromatic rings. The number of nitrogens with zero attached hydrogens (tertiary/aromatic N) is 3. The van der Waals surface area contributed by atoms with Gasteiger partial charge in [-0.05, 0) is 41.1 Å². The van der Waals surface area contributed by atoms with Crippen LogP contribution in [0.4, 0.5) is 0 Å². The number of aromatic nitrogens is 2. The van der Waals surface area contributed by atoms with E-state index in [1.807, 2.05) is 18.2 Å². The SMILES string of the molecule is Cc1cc(/C(N)=N/O)nc(Oc2ccccc2Br)n1. The van der Waals surface area contributed by atoms with E-state index in [1.165, 1.54) is 0 Å². The molecular weight excluding hydrogens is 312 g/mol. The second-order valence-corrected chi connectivity index (χ2v) is 4.55. The molecule has 6 nitrogen and oxygen atoms in total. The van der Waals surface area contributed by atoms with Gasteiger partial charge in [-0.3, -0.25) is 0 Å². The molecule has 7 heteroatoms. The number of para-hydroxylation sites is 1. The number of amidine groups is 1. The van der Waals surface area contributed by atoms with Crippen molar-refractivity contribution in [2.75, 3.05) is 0 Å². The lowest BCUT2D eigenvalue weighted by Crippen LogP contribution is -2.16. The van der Waals surface area contributed by atoms with Gasteiger partial charge in [-0.2, -0.15) is 4.98 Å². The number of hydrogen-bond acceptors (Lipinski definition) is 5. The number of hydrogen-bond donors (Lipinski definition) is 2. The fraction of sp³-hybridized carbons (Fsp3) is 0.0833. The Morgan fingerprint density at radius 1 is 1.37 bits per heavy atom. The first-order chi connectivity index (χ1) is 9.10. The van der Waals surface area contributed by atoms with E-state index in [1.54, 1.807) is 19.1 Å². The zero-order chi connectivity index (χ0) is 13.8. The fourth-order valence-electron chi connectivity index (χ4n) is 1.40. The molecule has 0 atom stereocenters. The Labute approximate surface area is 118 Å². The molecule has 0 saturated carbocycles. The Hall–Kier alpha value is -2.15. The first-order valence-electron chi connectivity index (χ1n) is 5.36. The van der Waals surface area contributed by atoms with Crippen LogP contribution in [0.25, 0.3) is 0 Å². The molecule has 1 aromatic carbocycles. The molecule has 0 amide bonds. The predicted octanol–water partition coefficient (Wildman–Crippen LogP) is 2.43. The summed E-state index contributed by atoms with van der Waals surface area (Å²) in [7, 11) is 0. The molecular formula is C12H11BrN4O2. The van der Waals surface area contributed by atoms with E-state index in [0.717, 1.165) is 4.47 Å². The molecule has 0 saturated heterocycles. The topological polar surface area (TPSA) is 93.6 Å². The van der Waals surface area contributed by atoms with E-state index in [0.29, 0.717) is 17.1 Å². The normalized spacial score (nSPS) is 11.4. The second kappa shape index (κ2) is 5.66. The zero-order valence-corrected chi connectivity index (χ0v) is 11.6. The molecule has 1 heterocycles. The molecule has 3 N–H and O–H groups in total. The van der Waals surface area contributed by atoms with Crippen molar-refractivity contribution in [3.63, 3.8) is 0 Å². The summed E-state index contributed by atoms with van der Waals surface area (Å²) in [5, 5.41) is 11.6. The highest BCUT2D eigenvalue weighted by Crippen LogP contribution is 2.27. The molecule has 98 valence electrons. The van der Waals surface area contributed by atoms with Crippen molar-refractivity contribution in [2.24, 2.45) is 10.9 Å². The lowest BCUT2D eigenvalue weighted by molar-refractivity contribution is 0.318. The minimum Gasteiger partial charge on any atom is -0.423 e. The van der Waals surface area contributed by atoms with Crippen LogP contribution in [0.2, 0.25) is 0 Å². The number of nitrogens with two attached hydrogens (primary N) is 1. The van der Waals surface area contributed by atoms with E-state index in [2.05, 4.69) is 31.1 Å². The van der Waals surface area contributed by atoms with Gasteiger partial charge in [-0.15, -0.1) is 0 Å². The quantitative estimate of drug-likeness (QED) is 0.392. The third kappa shape index (κ3) is 3.19. The van der Waals surface area contributed by atoms with Crippen molar-refractivity contribution < 1.29 is 9.94 Å². The highest BCUT2D eigenvalue weighted by Gasteiger charge is 2.09. The van der Waals surface area contributed by atoms with Gasteiger partial charge in [0, 0.05) is 5.69 Å². The van der Waals surface area contributed by atoms with Crippen LogP contribution in [0.3, 0.4) is 0 Å². The van der Waals surface area contributed by atoms with Crippen LogP contribution in [-0.2, 0) is 0 Å². The Morgan fingerprint density at radius 3 is 2.79 bits per heavy atom. The zero-order valence-electron chi connectivity index (χ0n) is 10.0. The Bertz CT molecular complexity index is 631. The largest absolute Gasteiger partial charge is 0.423 e. The molecule has 0 radical (unpaired) electrons. The van der Waals surface area contributed by atoms with E-state index in [9.17, 15) is 0 Å². The van der Waals surface area contributed by atoms with Crippen LogP contribution in [0.5, 0.6) is 11.8 Å². The maximum atomic E-state index is 8.66. The highest BCUT2D eigenvalue weighted by atomic mass is 79.9. The standard InChI is InChI=1S/C12H11BrN4O2/c1-7-6-9(11(14)17-18)16-12(15-7)19-10-5-3-2-4-8(10)13/h2-6,18H,1H3,(H2,14,17). The Balaban J connectivity index is 2.36. The first kappa shape index (κ1) is 13.3. The van der Waals surface area contributed by atoms with Gasteiger partial charge in [0.1, 0.15) is 11.4 Å². The molecule has 19 heavy (non-hydrogen) atoms. The fourth-order valence-corrected chi connectivity index (χ4v) is 1.76. The number of ether oxygens (including phenoxy) is 1. The number of oxime groups is 1. The summed E-state index contributed by atoms with van der Waals surface area (Å²) in [5.74, 6) is 0.487. The number of halogens is 1. The van der Waals surface area contributed by atoms with Gasteiger partial charge in [-0.1, -0.05) is 17.3 Å². The summed E-state index contributed by atoms with van der Waals surface area (Å²) in [5.41, 5.74) is 6.45. The Morgan fingerprint density at radius 2 is 2.11 bits per heavy atom. The predicted molar refractivity (Wildman–Crippen MR) is 73.5 cm³/mol. The van der Waals surface area contributed by atoms with Crippen LogP contribution in [0, 0.1) is 6.92 Å². The third-order valence-electron chi connectivity index (χ3n) is 2.24. The van der Waals surface area contributed by atoms with Gasteiger partial charge >= 0.3 is 6.01 Å². The van der Waals surface area contributed by atoms with E-state index in [-0.39, 0.29) is 11.8 Å². The molecule has 0 aliphatic carbocycles. The van der Waals surface area contributed by atoms with Crippen molar-refractivity contribution >= 4 is 21.8 Å². The summed E-state index contributed by atoms with van der Waals surface area (Å²) in [4.78, 5) is 8.21. The third-order valence-corrected chi connectivity index (χ3v) is 2.90. The molecule has 0 aliphatic heterocycles.